The van der Waals surface area contributed by atoms with Gasteiger partial charge in [0.2, 0.25) is 0 Å². The van der Waals surface area contributed by atoms with E-state index >= 15 is 0 Å². The van der Waals surface area contributed by atoms with E-state index in [0.29, 0.717) is 11.8 Å². The molecule has 2 saturated heterocycles. The highest BCUT2D eigenvalue weighted by atomic mass is 16.2. The quantitative estimate of drug-likeness (QED) is 0.851. The SMILES string of the molecule is Cc1cccc(C(=O)N2CC3CNCC3C2(C)C)c1C. The summed E-state index contributed by atoms with van der Waals surface area (Å²) in [5.41, 5.74) is 3.12. The van der Waals surface area contributed by atoms with Crippen LogP contribution in [0.3, 0.4) is 0 Å². The normalized spacial score (nSPS) is 27.7. The zero-order valence-corrected chi connectivity index (χ0v) is 12.9. The van der Waals surface area contributed by atoms with Gasteiger partial charge in [-0.1, -0.05) is 12.1 Å². The molecule has 2 fully saturated rings. The van der Waals surface area contributed by atoms with Crippen LogP contribution < -0.4 is 5.32 Å². The molecule has 1 aromatic carbocycles. The Hall–Kier alpha value is -1.35. The summed E-state index contributed by atoms with van der Waals surface area (Å²) in [5, 5.41) is 3.46. The molecule has 108 valence electrons. The van der Waals surface area contributed by atoms with Gasteiger partial charge < -0.3 is 10.2 Å². The standard InChI is InChI=1S/C17H24N2O/c1-11-6-5-7-14(12(11)2)16(20)19-10-13-8-18-9-15(13)17(19,3)4/h5-7,13,15,18H,8-10H2,1-4H3. The third-order valence-corrected chi connectivity index (χ3v) is 5.44. The largest absolute Gasteiger partial charge is 0.333 e. The van der Waals surface area contributed by atoms with Crippen molar-refractivity contribution in [3.05, 3.63) is 34.9 Å². The molecular weight excluding hydrogens is 248 g/mol. The Labute approximate surface area is 121 Å². The number of hydrogen-bond donors (Lipinski definition) is 1. The fourth-order valence-corrected chi connectivity index (χ4v) is 3.89. The van der Waals surface area contributed by atoms with Gasteiger partial charge in [0, 0.05) is 30.7 Å². The summed E-state index contributed by atoms with van der Waals surface area (Å²) in [5.74, 6) is 1.39. The highest BCUT2D eigenvalue weighted by molar-refractivity contribution is 5.96. The average Bonchev–Trinajstić information content (AvgIpc) is 2.95. The lowest BCUT2D eigenvalue weighted by Gasteiger charge is -2.36. The number of fused-ring (bicyclic) bond motifs is 1. The van der Waals surface area contributed by atoms with Gasteiger partial charge in [-0.05, 0) is 56.7 Å². The van der Waals surface area contributed by atoms with Crippen molar-refractivity contribution < 1.29 is 4.79 Å². The Balaban J connectivity index is 1.93. The van der Waals surface area contributed by atoms with Crippen LogP contribution in [-0.4, -0.2) is 36.0 Å². The highest BCUT2D eigenvalue weighted by Gasteiger charge is 2.51. The lowest BCUT2D eigenvalue weighted by atomic mass is 9.84. The van der Waals surface area contributed by atoms with Crippen LogP contribution >= 0.6 is 0 Å². The van der Waals surface area contributed by atoms with Crippen molar-refractivity contribution in [2.75, 3.05) is 19.6 Å². The van der Waals surface area contributed by atoms with Crippen molar-refractivity contribution in [1.82, 2.24) is 10.2 Å². The molecule has 1 amide bonds. The van der Waals surface area contributed by atoms with Crippen LogP contribution in [0.25, 0.3) is 0 Å². The summed E-state index contributed by atoms with van der Waals surface area (Å²) >= 11 is 0. The minimum Gasteiger partial charge on any atom is -0.333 e. The van der Waals surface area contributed by atoms with Gasteiger partial charge in [0.15, 0.2) is 0 Å². The van der Waals surface area contributed by atoms with E-state index in [0.717, 1.165) is 30.8 Å². The van der Waals surface area contributed by atoms with Gasteiger partial charge in [-0.15, -0.1) is 0 Å². The van der Waals surface area contributed by atoms with Gasteiger partial charge in [0.1, 0.15) is 0 Å². The number of nitrogens with one attached hydrogen (secondary N) is 1. The Morgan fingerprint density at radius 2 is 2.05 bits per heavy atom. The number of hydrogen-bond acceptors (Lipinski definition) is 2. The molecule has 0 radical (unpaired) electrons. The Morgan fingerprint density at radius 3 is 2.75 bits per heavy atom. The third-order valence-electron chi connectivity index (χ3n) is 5.44. The van der Waals surface area contributed by atoms with Gasteiger partial charge >= 0.3 is 0 Å². The van der Waals surface area contributed by atoms with Crippen LogP contribution in [0.5, 0.6) is 0 Å². The summed E-state index contributed by atoms with van der Waals surface area (Å²) in [4.78, 5) is 15.1. The molecule has 2 heterocycles. The number of carbonyl (C=O) groups is 1. The van der Waals surface area contributed by atoms with Gasteiger partial charge in [-0.25, -0.2) is 0 Å². The highest BCUT2D eigenvalue weighted by Crippen LogP contribution is 2.41. The van der Waals surface area contributed by atoms with E-state index in [1.165, 1.54) is 5.56 Å². The number of nitrogens with zero attached hydrogens (tertiary/aromatic N) is 1. The molecule has 0 aliphatic carbocycles. The van der Waals surface area contributed by atoms with Crippen molar-refractivity contribution in [3.63, 3.8) is 0 Å². The van der Waals surface area contributed by atoms with E-state index in [1.54, 1.807) is 0 Å². The maximum atomic E-state index is 13.0. The molecule has 3 nitrogen and oxygen atoms in total. The van der Waals surface area contributed by atoms with Crippen LogP contribution in [0.4, 0.5) is 0 Å². The van der Waals surface area contributed by atoms with E-state index in [9.17, 15) is 4.79 Å². The number of benzene rings is 1. The summed E-state index contributed by atoms with van der Waals surface area (Å²) in [7, 11) is 0. The van der Waals surface area contributed by atoms with E-state index in [2.05, 4.69) is 37.1 Å². The maximum Gasteiger partial charge on any atom is 0.254 e. The lowest BCUT2D eigenvalue weighted by molar-refractivity contribution is 0.0602. The molecule has 2 unspecified atom stereocenters. The summed E-state index contributed by atoms with van der Waals surface area (Å²) in [6.45, 7) is 11.5. The Kier molecular flexibility index (Phi) is 3.13. The van der Waals surface area contributed by atoms with E-state index in [-0.39, 0.29) is 11.4 Å². The van der Waals surface area contributed by atoms with Gasteiger partial charge in [-0.2, -0.15) is 0 Å². The second kappa shape index (κ2) is 4.59. The molecule has 2 atom stereocenters. The summed E-state index contributed by atoms with van der Waals surface area (Å²) in [6.07, 6.45) is 0. The van der Waals surface area contributed by atoms with Crippen LogP contribution in [-0.2, 0) is 0 Å². The van der Waals surface area contributed by atoms with Crippen LogP contribution in [0.2, 0.25) is 0 Å². The average molecular weight is 272 g/mol. The van der Waals surface area contributed by atoms with E-state index in [4.69, 9.17) is 0 Å². The molecule has 3 heteroatoms. The van der Waals surface area contributed by atoms with Crippen molar-refractivity contribution in [2.45, 2.75) is 33.2 Å². The first-order valence-electron chi connectivity index (χ1n) is 7.52. The molecule has 2 aliphatic heterocycles. The molecular formula is C17H24N2O. The van der Waals surface area contributed by atoms with Gasteiger partial charge in [0.05, 0.1) is 0 Å². The second-order valence-electron chi connectivity index (χ2n) is 6.84. The smallest absolute Gasteiger partial charge is 0.254 e. The fraction of sp³-hybridized carbons (Fsp3) is 0.588. The minimum absolute atomic E-state index is 0.0541. The van der Waals surface area contributed by atoms with Gasteiger partial charge in [0.25, 0.3) is 5.91 Å². The first-order valence-corrected chi connectivity index (χ1v) is 7.52. The van der Waals surface area contributed by atoms with Gasteiger partial charge in [-0.3, -0.25) is 4.79 Å². The van der Waals surface area contributed by atoms with Crippen molar-refractivity contribution >= 4 is 5.91 Å². The lowest BCUT2D eigenvalue weighted by Crippen LogP contribution is -2.47. The number of amides is 1. The summed E-state index contributed by atoms with van der Waals surface area (Å²) < 4.78 is 0. The van der Waals surface area contributed by atoms with Crippen LogP contribution in [0, 0.1) is 25.7 Å². The molecule has 0 bridgehead atoms. The zero-order chi connectivity index (χ0) is 14.5. The number of aryl methyl sites for hydroxylation is 1. The predicted molar refractivity (Wildman–Crippen MR) is 80.9 cm³/mol. The topological polar surface area (TPSA) is 32.3 Å². The molecule has 0 spiro atoms. The number of likely N-dealkylation sites (tertiary alicyclic amines) is 1. The van der Waals surface area contributed by atoms with Crippen molar-refractivity contribution in [1.29, 1.82) is 0 Å². The molecule has 20 heavy (non-hydrogen) atoms. The Morgan fingerprint density at radius 1 is 1.30 bits per heavy atom. The van der Waals surface area contributed by atoms with E-state index in [1.807, 2.05) is 19.1 Å². The molecule has 1 N–H and O–H groups in total. The zero-order valence-electron chi connectivity index (χ0n) is 12.9. The predicted octanol–water partition coefficient (Wildman–Crippen LogP) is 2.37. The van der Waals surface area contributed by atoms with Crippen molar-refractivity contribution in [2.24, 2.45) is 11.8 Å². The second-order valence-corrected chi connectivity index (χ2v) is 6.84. The van der Waals surface area contributed by atoms with Crippen LogP contribution in [0.1, 0.15) is 35.3 Å². The third kappa shape index (κ3) is 1.87. The van der Waals surface area contributed by atoms with Crippen LogP contribution in [0.15, 0.2) is 18.2 Å². The van der Waals surface area contributed by atoms with Crippen molar-refractivity contribution in [3.8, 4) is 0 Å². The number of rotatable bonds is 1. The summed E-state index contributed by atoms with van der Waals surface area (Å²) in [6, 6.07) is 6.02. The minimum atomic E-state index is -0.0541. The molecule has 0 aromatic heterocycles. The molecule has 2 aliphatic rings. The maximum absolute atomic E-state index is 13.0. The monoisotopic (exact) mass is 272 g/mol. The molecule has 3 rings (SSSR count). The fourth-order valence-electron chi connectivity index (χ4n) is 3.89. The number of carbonyl (C=O) groups excluding carboxylic acids is 1. The molecule has 1 aromatic rings. The molecule has 0 saturated carbocycles. The first-order chi connectivity index (χ1) is 9.43. The Bertz CT molecular complexity index is 550. The first kappa shape index (κ1) is 13.6. The van der Waals surface area contributed by atoms with E-state index < -0.39 is 0 Å².